The number of aryl methyl sites for hydroxylation is 1. The third kappa shape index (κ3) is 4.56. The van der Waals surface area contributed by atoms with Crippen molar-refractivity contribution in [3.8, 4) is 0 Å². The monoisotopic (exact) mass is 343 g/mol. The lowest BCUT2D eigenvalue weighted by Gasteiger charge is -2.07. The molecule has 132 valence electrons. The van der Waals surface area contributed by atoms with E-state index >= 15 is 0 Å². The molecule has 0 spiro atoms. The molecule has 0 atom stereocenters. The van der Waals surface area contributed by atoms with Crippen molar-refractivity contribution in [2.75, 3.05) is 7.11 Å². The van der Waals surface area contributed by atoms with Gasteiger partial charge in [-0.15, -0.1) is 0 Å². The molecule has 1 aromatic heterocycles. The normalized spacial score (nSPS) is 10.4. The second-order valence-electron chi connectivity index (χ2n) is 5.67. The Hall–Kier alpha value is -2.89. The zero-order valence-electron chi connectivity index (χ0n) is 14.5. The van der Waals surface area contributed by atoms with E-state index < -0.39 is 11.9 Å². The number of hydrogen-bond donors (Lipinski definition) is 1. The fraction of sp³-hybridized carbons (Fsp3) is 0.316. The Balaban J connectivity index is 2.22. The van der Waals surface area contributed by atoms with Gasteiger partial charge in [0.2, 0.25) is 0 Å². The van der Waals surface area contributed by atoms with Crippen LogP contribution in [0, 0.1) is 6.92 Å². The number of rotatable bonds is 7. The van der Waals surface area contributed by atoms with E-state index in [-0.39, 0.29) is 30.9 Å². The fourth-order valence-corrected chi connectivity index (χ4v) is 2.70. The number of esters is 2. The van der Waals surface area contributed by atoms with Crippen LogP contribution in [-0.2, 0) is 27.3 Å². The largest absolute Gasteiger partial charge is 0.469 e. The number of benzene rings is 1. The molecule has 0 amide bonds. The van der Waals surface area contributed by atoms with Gasteiger partial charge in [0, 0.05) is 17.7 Å². The highest BCUT2D eigenvalue weighted by atomic mass is 16.5. The second-order valence-corrected chi connectivity index (χ2v) is 5.67. The molecule has 1 N–H and O–H groups in total. The van der Waals surface area contributed by atoms with Gasteiger partial charge in [-0.1, -0.05) is 30.3 Å². The quantitative estimate of drug-likeness (QED) is 0.617. The number of aromatic nitrogens is 1. The van der Waals surface area contributed by atoms with Crippen molar-refractivity contribution in [3.63, 3.8) is 0 Å². The van der Waals surface area contributed by atoms with Gasteiger partial charge in [0.1, 0.15) is 12.3 Å². The van der Waals surface area contributed by atoms with Crippen molar-refractivity contribution >= 4 is 17.7 Å². The van der Waals surface area contributed by atoms with Crippen LogP contribution in [0.3, 0.4) is 0 Å². The fourth-order valence-electron chi connectivity index (χ4n) is 2.70. The maximum Gasteiger partial charge on any atom is 0.355 e. The van der Waals surface area contributed by atoms with E-state index in [1.165, 1.54) is 14.0 Å². The minimum absolute atomic E-state index is 0.0764. The number of ketones is 1. The van der Waals surface area contributed by atoms with Crippen LogP contribution in [0.5, 0.6) is 0 Å². The maximum atomic E-state index is 12.5. The van der Waals surface area contributed by atoms with E-state index in [1.54, 1.807) is 6.92 Å². The van der Waals surface area contributed by atoms with E-state index in [0.29, 0.717) is 16.8 Å². The van der Waals surface area contributed by atoms with Crippen LogP contribution in [0.1, 0.15) is 51.0 Å². The van der Waals surface area contributed by atoms with Crippen LogP contribution in [0.15, 0.2) is 30.3 Å². The predicted molar refractivity (Wildman–Crippen MR) is 91.4 cm³/mol. The van der Waals surface area contributed by atoms with Gasteiger partial charge in [0.15, 0.2) is 5.78 Å². The third-order valence-electron chi connectivity index (χ3n) is 3.87. The van der Waals surface area contributed by atoms with Crippen LogP contribution < -0.4 is 0 Å². The molecule has 0 aliphatic rings. The molecule has 0 aliphatic carbocycles. The third-order valence-corrected chi connectivity index (χ3v) is 3.87. The molecule has 0 aliphatic heterocycles. The zero-order valence-corrected chi connectivity index (χ0v) is 14.5. The van der Waals surface area contributed by atoms with E-state index in [1.807, 2.05) is 30.3 Å². The lowest BCUT2D eigenvalue weighted by Crippen LogP contribution is -2.11. The molecular weight excluding hydrogens is 322 g/mol. The van der Waals surface area contributed by atoms with Gasteiger partial charge in [-0.2, -0.15) is 0 Å². The van der Waals surface area contributed by atoms with Crippen molar-refractivity contribution < 1.29 is 23.9 Å². The summed E-state index contributed by atoms with van der Waals surface area (Å²) < 4.78 is 9.97. The van der Waals surface area contributed by atoms with Crippen molar-refractivity contribution in [2.45, 2.75) is 33.3 Å². The molecule has 1 aromatic carbocycles. The Morgan fingerprint density at radius 3 is 2.40 bits per heavy atom. The molecule has 0 unspecified atom stereocenters. The summed E-state index contributed by atoms with van der Waals surface area (Å²) in [6.07, 6.45) is 0.300. The summed E-state index contributed by atoms with van der Waals surface area (Å²) in [6, 6.07) is 9.30. The summed E-state index contributed by atoms with van der Waals surface area (Å²) in [5.74, 6) is -1.13. The number of ether oxygens (including phenoxy) is 2. The number of methoxy groups -OCH3 is 1. The van der Waals surface area contributed by atoms with Gasteiger partial charge >= 0.3 is 11.9 Å². The molecule has 0 radical (unpaired) electrons. The topological polar surface area (TPSA) is 85.5 Å². The molecule has 0 saturated heterocycles. The van der Waals surface area contributed by atoms with Crippen molar-refractivity contribution in [2.24, 2.45) is 0 Å². The van der Waals surface area contributed by atoms with Crippen LogP contribution in [0.25, 0.3) is 0 Å². The summed E-state index contributed by atoms with van der Waals surface area (Å²) in [6.45, 7) is 3.27. The molecule has 6 heteroatoms. The van der Waals surface area contributed by atoms with Gasteiger partial charge < -0.3 is 14.5 Å². The highest BCUT2D eigenvalue weighted by molar-refractivity contribution is 6.01. The first-order valence-electron chi connectivity index (χ1n) is 7.94. The van der Waals surface area contributed by atoms with Crippen molar-refractivity contribution in [3.05, 3.63) is 58.4 Å². The average Bonchev–Trinajstić information content (AvgIpc) is 2.95. The van der Waals surface area contributed by atoms with E-state index in [2.05, 4.69) is 9.72 Å². The van der Waals surface area contributed by atoms with Crippen LogP contribution in [0.2, 0.25) is 0 Å². The van der Waals surface area contributed by atoms with Gasteiger partial charge in [-0.05, 0) is 31.4 Å². The Bertz CT molecular complexity index is 777. The number of aromatic amines is 1. The first kappa shape index (κ1) is 18.4. The lowest BCUT2D eigenvalue weighted by molar-refractivity contribution is -0.140. The Morgan fingerprint density at radius 2 is 1.80 bits per heavy atom. The summed E-state index contributed by atoms with van der Waals surface area (Å²) in [4.78, 5) is 38.7. The highest BCUT2D eigenvalue weighted by Gasteiger charge is 2.24. The van der Waals surface area contributed by atoms with Gasteiger partial charge in [-0.25, -0.2) is 4.79 Å². The molecule has 0 bridgehead atoms. The molecule has 2 rings (SSSR count). The number of hydrogen-bond acceptors (Lipinski definition) is 5. The first-order valence-corrected chi connectivity index (χ1v) is 7.94. The number of H-pyrrole nitrogens is 1. The molecule has 2 aromatic rings. The number of Topliss-reactive ketones (excluding diaryl/α,β-unsaturated/α-hetero) is 1. The van der Waals surface area contributed by atoms with E-state index in [9.17, 15) is 14.4 Å². The predicted octanol–water partition coefficient (Wildman–Crippen LogP) is 2.99. The molecule has 25 heavy (non-hydrogen) atoms. The Kier molecular flexibility index (Phi) is 6.11. The standard InChI is InChI=1S/C19H21NO5/c1-12-17(13(2)21)15(9-10-16(22)24-3)18(20-12)19(23)25-11-14-7-5-4-6-8-14/h4-8,20H,9-11H2,1-3H3. The van der Waals surface area contributed by atoms with Crippen LogP contribution in [0.4, 0.5) is 0 Å². The minimum Gasteiger partial charge on any atom is -0.469 e. The van der Waals surface area contributed by atoms with Crippen LogP contribution >= 0.6 is 0 Å². The second kappa shape index (κ2) is 8.28. The average molecular weight is 343 g/mol. The van der Waals surface area contributed by atoms with E-state index in [0.717, 1.165) is 5.56 Å². The Morgan fingerprint density at radius 1 is 1.12 bits per heavy atom. The van der Waals surface area contributed by atoms with Crippen molar-refractivity contribution in [1.29, 1.82) is 0 Å². The molecule has 0 saturated carbocycles. The number of carbonyl (C=O) groups is 3. The maximum absolute atomic E-state index is 12.5. The van der Waals surface area contributed by atoms with Gasteiger partial charge in [-0.3, -0.25) is 9.59 Å². The first-order chi connectivity index (χ1) is 11.9. The summed E-state index contributed by atoms with van der Waals surface area (Å²) in [5, 5.41) is 0. The van der Waals surface area contributed by atoms with Gasteiger partial charge in [0.05, 0.1) is 7.11 Å². The molecule has 6 nitrogen and oxygen atoms in total. The molecular formula is C19H21NO5. The Labute approximate surface area is 146 Å². The highest BCUT2D eigenvalue weighted by Crippen LogP contribution is 2.22. The van der Waals surface area contributed by atoms with E-state index in [4.69, 9.17) is 4.74 Å². The SMILES string of the molecule is COC(=O)CCc1c(C(=O)OCc2ccccc2)[nH]c(C)c1C(C)=O. The zero-order chi connectivity index (χ0) is 18.4. The number of carbonyl (C=O) groups excluding carboxylic acids is 3. The molecule has 0 fully saturated rings. The van der Waals surface area contributed by atoms with Gasteiger partial charge in [0.25, 0.3) is 0 Å². The molecule has 1 heterocycles. The number of nitrogens with one attached hydrogen (secondary N) is 1. The minimum atomic E-state index is -0.556. The smallest absolute Gasteiger partial charge is 0.355 e. The van der Waals surface area contributed by atoms with Crippen LogP contribution in [-0.4, -0.2) is 29.8 Å². The lowest BCUT2D eigenvalue weighted by atomic mass is 10.0. The summed E-state index contributed by atoms with van der Waals surface area (Å²) in [5.41, 5.74) is 2.58. The van der Waals surface area contributed by atoms with Crippen molar-refractivity contribution in [1.82, 2.24) is 4.98 Å². The summed E-state index contributed by atoms with van der Waals surface area (Å²) in [7, 11) is 1.30. The summed E-state index contributed by atoms with van der Waals surface area (Å²) >= 11 is 0.